The van der Waals surface area contributed by atoms with Gasteiger partial charge in [-0.1, -0.05) is 0 Å². The zero-order chi connectivity index (χ0) is 14.7. The number of aliphatic hydroxyl groups excluding tert-OH is 1. The van der Waals surface area contributed by atoms with Crippen LogP contribution in [0.2, 0.25) is 0 Å². The van der Waals surface area contributed by atoms with Gasteiger partial charge in [0.2, 0.25) is 11.6 Å². The number of aromatic nitrogens is 2. The number of H-pyrrole nitrogens is 1. The first-order valence-electron chi connectivity index (χ1n) is 5.95. The summed E-state index contributed by atoms with van der Waals surface area (Å²) in [5.41, 5.74) is -0.0161. The highest BCUT2D eigenvalue weighted by Gasteiger charge is 2.33. The second kappa shape index (κ2) is 6.02. The monoisotopic (exact) mass is 295 g/mol. The number of aliphatic hydroxyl groups is 1. The van der Waals surface area contributed by atoms with Crippen LogP contribution in [0.15, 0.2) is 11.0 Å². The predicted octanol–water partition coefficient (Wildman–Crippen LogP) is 0.148. The van der Waals surface area contributed by atoms with Gasteiger partial charge in [0.1, 0.15) is 5.69 Å². The Labute approximate surface area is 118 Å². The SMILES string of the molecule is CNC(=O)c1n[nH]c2c1C(=O)C(SCCCO)=CC2=O. The summed E-state index contributed by atoms with van der Waals surface area (Å²) in [5.74, 6) is -0.780. The van der Waals surface area contributed by atoms with E-state index in [2.05, 4.69) is 15.5 Å². The lowest BCUT2D eigenvalue weighted by Crippen LogP contribution is -2.23. The fourth-order valence-electron chi connectivity index (χ4n) is 1.76. The Morgan fingerprint density at radius 1 is 1.50 bits per heavy atom. The van der Waals surface area contributed by atoms with Crippen molar-refractivity contribution < 1.29 is 19.5 Å². The number of aromatic amines is 1. The molecule has 0 saturated carbocycles. The van der Waals surface area contributed by atoms with E-state index in [9.17, 15) is 14.4 Å². The Morgan fingerprint density at radius 2 is 2.25 bits per heavy atom. The van der Waals surface area contributed by atoms with Gasteiger partial charge in [-0.3, -0.25) is 19.5 Å². The zero-order valence-corrected chi connectivity index (χ0v) is 11.5. The molecule has 1 amide bonds. The minimum atomic E-state index is -0.523. The van der Waals surface area contributed by atoms with E-state index in [1.807, 2.05) is 0 Å². The van der Waals surface area contributed by atoms with Crippen molar-refractivity contribution in [2.45, 2.75) is 6.42 Å². The van der Waals surface area contributed by atoms with Crippen molar-refractivity contribution in [1.82, 2.24) is 15.5 Å². The maximum absolute atomic E-state index is 12.3. The molecular weight excluding hydrogens is 282 g/mol. The van der Waals surface area contributed by atoms with Crippen molar-refractivity contribution >= 4 is 29.2 Å². The number of nitrogens with one attached hydrogen (secondary N) is 2. The molecule has 8 heteroatoms. The van der Waals surface area contributed by atoms with Crippen LogP contribution in [-0.4, -0.2) is 52.2 Å². The summed E-state index contributed by atoms with van der Waals surface area (Å²) in [6, 6.07) is 0. The third-order valence-electron chi connectivity index (χ3n) is 2.73. The summed E-state index contributed by atoms with van der Waals surface area (Å²) in [6.07, 6.45) is 1.75. The molecule has 1 aliphatic carbocycles. The van der Waals surface area contributed by atoms with Gasteiger partial charge in [-0.05, 0) is 6.42 Å². The Kier molecular flexibility index (Phi) is 4.35. The van der Waals surface area contributed by atoms with Crippen LogP contribution < -0.4 is 5.32 Å². The van der Waals surface area contributed by atoms with Gasteiger partial charge >= 0.3 is 0 Å². The van der Waals surface area contributed by atoms with Gasteiger partial charge in [0.25, 0.3) is 5.91 Å². The van der Waals surface area contributed by atoms with Crippen LogP contribution in [0.5, 0.6) is 0 Å². The standard InChI is InChI=1S/C12H13N3O4S/c1-13-12(19)10-8-9(14-15-10)6(17)5-7(11(8)18)20-4-2-3-16/h5,16H,2-4H2,1H3,(H,13,19)(H,14,15). The number of carbonyl (C=O) groups is 3. The fraction of sp³-hybridized carbons (Fsp3) is 0.333. The van der Waals surface area contributed by atoms with Crippen molar-refractivity contribution in [1.29, 1.82) is 0 Å². The molecule has 1 aliphatic rings. The summed E-state index contributed by atoms with van der Waals surface area (Å²) in [6.45, 7) is 0.0167. The van der Waals surface area contributed by atoms with E-state index in [0.717, 1.165) is 0 Å². The Bertz CT molecular complexity index is 606. The lowest BCUT2D eigenvalue weighted by molar-refractivity contribution is 0.0945. The van der Waals surface area contributed by atoms with Crippen LogP contribution in [0.4, 0.5) is 0 Å². The van der Waals surface area contributed by atoms with Gasteiger partial charge < -0.3 is 10.4 Å². The molecule has 0 bridgehead atoms. The van der Waals surface area contributed by atoms with Crippen LogP contribution in [0.3, 0.4) is 0 Å². The summed E-state index contributed by atoms with van der Waals surface area (Å²) in [4.78, 5) is 36.1. The molecule has 1 aromatic heterocycles. The summed E-state index contributed by atoms with van der Waals surface area (Å²) in [7, 11) is 1.42. The molecule has 20 heavy (non-hydrogen) atoms. The lowest BCUT2D eigenvalue weighted by Gasteiger charge is -2.11. The van der Waals surface area contributed by atoms with E-state index >= 15 is 0 Å². The van der Waals surface area contributed by atoms with Crippen LogP contribution in [0.1, 0.15) is 37.8 Å². The quantitative estimate of drug-likeness (QED) is 0.666. The Balaban J connectivity index is 2.33. The Hall–Kier alpha value is -1.93. The maximum Gasteiger partial charge on any atom is 0.272 e. The second-order valence-electron chi connectivity index (χ2n) is 4.03. The average molecular weight is 295 g/mol. The second-order valence-corrected chi connectivity index (χ2v) is 5.17. The van der Waals surface area contributed by atoms with Gasteiger partial charge in [-0.25, -0.2) is 0 Å². The van der Waals surface area contributed by atoms with Crippen molar-refractivity contribution in [3.8, 4) is 0 Å². The minimum Gasteiger partial charge on any atom is -0.396 e. The van der Waals surface area contributed by atoms with E-state index in [-0.39, 0.29) is 34.2 Å². The van der Waals surface area contributed by atoms with Gasteiger partial charge in [-0.2, -0.15) is 5.10 Å². The first-order chi connectivity index (χ1) is 9.60. The van der Waals surface area contributed by atoms with E-state index in [4.69, 9.17) is 5.11 Å². The smallest absolute Gasteiger partial charge is 0.272 e. The highest BCUT2D eigenvalue weighted by molar-refractivity contribution is 8.04. The topological polar surface area (TPSA) is 112 Å². The number of ketones is 2. The zero-order valence-electron chi connectivity index (χ0n) is 10.7. The number of hydrogen-bond acceptors (Lipinski definition) is 6. The molecule has 0 unspecified atom stereocenters. The van der Waals surface area contributed by atoms with E-state index in [1.165, 1.54) is 24.9 Å². The summed E-state index contributed by atoms with van der Waals surface area (Å²) >= 11 is 1.19. The number of hydrogen-bond donors (Lipinski definition) is 3. The molecule has 0 spiro atoms. The van der Waals surface area contributed by atoms with Crippen LogP contribution >= 0.6 is 11.8 Å². The van der Waals surface area contributed by atoms with E-state index in [1.54, 1.807) is 0 Å². The number of fused-ring (bicyclic) bond motifs is 1. The normalized spacial score (nSPS) is 14.0. The predicted molar refractivity (Wildman–Crippen MR) is 72.9 cm³/mol. The first-order valence-corrected chi connectivity index (χ1v) is 6.93. The van der Waals surface area contributed by atoms with Crippen LogP contribution in [0.25, 0.3) is 0 Å². The lowest BCUT2D eigenvalue weighted by atomic mass is 9.99. The van der Waals surface area contributed by atoms with Gasteiger partial charge in [0.15, 0.2) is 5.69 Å². The largest absolute Gasteiger partial charge is 0.396 e. The third kappa shape index (κ3) is 2.52. The highest BCUT2D eigenvalue weighted by Crippen LogP contribution is 2.29. The summed E-state index contributed by atoms with van der Waals surface area (Å²) < 4.78 is 0. The van der Waals surface area contributed by atoms with Crippen molar-refractivity contribution in [2.24, 2.45) is 0 Å². The minimum absolute atomic E-state index is 0.0167. The van der Waals surface area contributed by atoms with Crippen molar-refractivity contribution in [3.05, 3.63) is 27.9 Å². The molecule has 1 aromatic rings. The number of amides is 1. The molecule has 0 saturated heterocycles. The van der Waals surface area contributed by atoms with E-state index < -0.39 is 11.7 Å². The molecule has 0 atom stereocenters. The van der Waals surface area contributed by atoms with Gasteiger partial charge in [0, 0.05) is 25.5 Å². The Morgan fingerprint density at radius 3 is 2.90 bits per heavy atom. The molecule has 0 aliphatic heterocycles. The molecule has 2 rings (SSSR count). The molecule has 1 heterocycles. The number of allylic oxidation sites excluding steroid dienone is 2. The molecule has 106 valence electrons. The van der Waals surface area contributed by atoms with Gasteiger partial charge in [-0.15, -0.1) is 11.8 Å². The highest BCUT2D eigenvalue weighted by atomic mass is 32.2. The first kappa shape index (κ1) is 14.5. The summed E-state index contributed by atoms with van der Waals surface area (Å²) in [5, 5.41) is 17.3. The number of Topliss-reactive ketones (excluding diaryl/α,β-unsaturated/α-hetero) is 1. The number of carbonyl (C=O) groups excluding carboxylic acids is 3. The average Bonchev–Trinajstić information content (AvgIpc) is 2.89. The van der Waals surface area contributed by atoms with E-state index in [0.29, 0.717) is 12.2 Å². The van der Waals surface area contributed by atoms with Crippen LogP contribution in [0, 0.1) is 0 Å². The number of nitrogens with zero attached hydrogens (tertiary/aromatic N) is 1. The molecule has 0 radical (unpaired) electrons. The molecule has 0 fully saturated rings. The van der Waals surface area contributed by atoms with Gasteiger partial charge in [0.05, 0.1) is 10.5 Å². The number of rotatable bonds is 5. The maximum atomic E-state index is 12.3. The third-order valence-corrected chi connectivity index (χ3v) is 3.83. The molecule has 7 nitrogen and oxygen atoms in total. The molecular formula is C12H13N3O4S. The van der Waals surface area contributed by atoms with Crippen molar-refractivity contribution in [3.63, 3.8) is 0 Å². The fourth-order valence-corrected chi connectivity index (χ4v) is 2.67. The molecule has 0 aromatic carbocycles. The van der Waals surface area contributed by atoms with Crippen molar-refractivity contribution in [2.75, 3.05) is 19.4 Å². The number of thioether (sulfide) groups is 1. The molecule has 3 N–H and O–H groups in total. The van der Waals surface area contributed by atoms with Crippen LogP contribution in [-0.2, 0) is 0 Å².